The van der Waals surface area contributed by atoms with E-state index in [4.69, 9.17) is 9.47 Å². The third kappa shape index (κ3) is 5.04. The minimum Gasteiger partial charge on any atom is -0.497 e. The molecule has 0 aliphatic heterocycles. The Morgan fingerprint density at radius 1 is 1.00 bits per heavy atom. The minimum absolute atomic E-state index is 0.00244. The van der Waals surface area contributed by atoms with Crippen molar-refractivity contribution in [3.05, 3.63) is 65.7 Å². The molecule has 0 aliphatic rings. The summed E-state index contributed by atoms with van der Waals surface area (Å²) in [5, 5.41) is 0. The molecule has 110 valence electrons. The average Bonchev–Trinajstić information content (AvgIpc) is 2.55. The average molecular weight is 284 g/mol. The van der Waals surface area contributed by atoms with Crippen molar-refractivity contribution in [2.75, 3.05) is 20.3 Å². The molecule has 0 saturated heterocycles. The van der Waals surface area contributed by atoms with Crippen LogP contribution in [0.1, 0.15) is 22.3 Å². The van der Waals surface area contributed by atoms with Gasteiger partial charge in [0.2, 0.25) is 0 Å². The molecule has 0 bridgehead atoms. The van der Waals surface area contributed by atoms with Gasteiger partial charge in [0, 0.05) is 12.2 Å². The van der Waals surface area contributed by atoms with E-state index in [2.05, 4.69) is 12.1 Å². The molecule has 0 N–H and O–H groups in total. The van der Waals surface area contributed by atoms with Gasteiger partial charge in [0.1, 0.15) is 12.4 Å². The van der Waals surface area contributed by atoms with Crippen molar-refractivity contribution >= 4 is 5.78 Å². The maximum Gasteiger partial charge on any atom is 0.188 e. The summed E-state index contributed by atoms with van der Waals surface area (Å²) in [5.74, 6) is 0.743. The number of hydrogen-bond acceptors (Lipinski definition) is 3. The summed E-state index contributed by atoms with van der Waals surface area (Å²) in [6, 6.07) is 17.3. The zero-order valence-electron chi connectivity index (χ0n) is 12.2. The molecule has 0 unspecified atom stereocenters. The molecule has 0 radical (unpaired) electrons. The zero-order chi connectivity index (χ0) is 14.9. The molecule has 2 rings (SSSR count). The predicted octanol–water partition coefficient (Wildman–Crippen LogP) is 3.53. The second kappa shape index (κ2) is 8.22. The molecule has 0 aromatic heterocycles. The number of carbonyl (C=O) groups is 1. The van der Waals surface area contributed by atoms with Gasteiger partial charge in [-0.05, 0) is 42.7 Å². The van der Waals surface area contributed by atoms with Crippen LogP contribution in [0.2, 0.25) is 0 Å². The molecule has 0 spiro atoms. The van der Waals surface area contributed by atoms with Gasteiger partial charge < -0.3 is 9.47 Å². The van der Waals surface area contributed by atoms with E-state index in [-0.39, 0.29) is 12.4 Å². The molecule has 0 heterocycles. The van der Waals surface area contributed by atoms with Gasteiger partial charge in [-0.2, -0.15) is 0 Å². The number of carbonyl (C=O) groups excluding carboxylic acids is 1. The summed E-state index contributed by atoms with van der Waals surface area (Å²) < 4.78 is 10.5. The van der Waals surface area contributed by atoms with Crippen LogP contribution in [0.5, 0.6) is 5.75 Å². The first-order chi connectivity index (χ1) is 10.3. The monoisotopic (exact) mass is 284 g/mol. The highest BCUT2D eigenvalue weighted by atomic mass is 16.5. The van der Waals surface area contributed by atoms with E-state index in [9.17, 15) is 4.79 Å². The highest BCUT2D eigenvalue weighted by Crippen LogP contribution is 2.11. The molecular formula is C18H20O3. The van der Waals surface area contributed by atoms with Crippen molar-refractivity contribution in [2.45, 2.75) is 12.8 Å². The van der Waals surface area contributed by atoms with Crippen LogP contribution in [-0.4, -0.2) is 26.1 Å². The van der Waals surface area contributed by atoms with Crippen LogP contribution in [0, 0.1) is 0 Å². The van der Waals surface area contributed by atoms with Crippen LogP contribution in [0.3, 0.4) is 0 Å². The van der Waals surface area contributed by atoms with Crippen molar-refractivity contribution < 1.29 is 14.3 Å². The molecule has 2 aromatic carbocycles. The van der Waals surface area contributed by atoms with E-state index < -0.39 is 0 Å². The number of rotatable bonds is 8. The van der Waals surface area contributed by atoms with E-state index in [0.29, 0.717) is 12.2 Å². The highest BCUT2D eigenvalue weighted by molar-refractivity contribution is 5.97. The molecule has 0 aliphatic carbocycles. The smallest absolute Gasteiger partial charge is 0.188 e. The van der Waals surface area contributed by atoms with Gasteiger partial charge in [0.25, 0.3) is 0 Å². The summed E-state index contributed by atoms with van der Waals surface area (Å²) in [4.78, 5) is 11.9. The largest absolute Gasteiger partial charge is 0.497 e. The summed E-state index contributed by atoms with van der Waals surface area (Å²) in [5.41, 5.74) is 1.95. The van der Waals surface area contributed by atoms with Gasteiger partial charge in [-0.1, -0.05) is 30.3 Å². The fourth-order valence-corrected chi connectivity index (χ4v) is 2.05. The lowest BCUT2D eigenvalue weighted by Gasteiger charge is -2.05. The number of hydrogen-bond donors (Lipinski definition) is 0. The van der Waals surface area contributed by atoms with Crippen LogP contribution < -0.4 is 4.74 Å². The first kappa shape index (κ1) is 15.3. The van der Waals surface area contributed by atoms with Crippen LogP contribution in [0.4, 0.5) is 0 Å². The Bertz CT molecular complexity index is 546. The van der Waals surface area contributed by atoms with Crippen LogP contribution in [0.25, 0.3) is 0 Å². The Balaban J connectivity index is 1.67. The standard InChI is InChI=1S/C18H20O3/c1-20-17-11-9-16(10-12-17)18(19)14-21-13-5-8-15-6-3-2-4-7-15/h2-4,6-7,9-12H,5,8,13-14H2,1H3. The number of methoxy groups -OCH3 is 1. The molecule has 2 aromatic rings. The molecule has 3 heteroatoms. The van der Waals surface area contributed by atoms with Gasteiger partial charge in [-0.15, -0.1) is 0 Å². The maximum atomic E-state index is 11.9. The molecule has 0 amide bonds. The third-order valence-electron chi connectivity index (χ3n) is 3.24. The van der Waals surface area contributed by atoms with E-state index in [1.807, 2.05) is 18.2 Å². The van der Waals surface area contributed by atoms with Gasteiger partial charge in [-0.25, -0.2) is 0 Å². The molecule has 0 atom stereocenters. The number of aryl methyl sites for hydroxylation is 1. The number of ketones is 1. The quantitative estimate of drug-likeness (QED) is 0.549. The normalized spacial score (nSPS) is 10.3. The Morgan fingerprint density at radius 3 is 2.38 bits per heavy atom. The van der Waals surface area contributed by atoms with Crippen molar-refractivity contribution in [2.24, 2.45) is 0 Å². The molecular weight excluding hydrogens is 264 g/mol. The second-order valence-electron chi connectivity index (χ2n) is 4.79. The van der Waals surface area contributed by atoms with E-state index in [1.165, 1.54) is 5.56 Å². The highest BCUT2D eigenvalue weighted by Gasteiger charge is 2.05. The fourth-order valence-electron chi connectivity index (χ4n) is 2.05. The second-order valence-corrected chi connectivity index (χ2v) is 4.79. The number of ether oxygens (including phenoxy) is 2. The lowest BCUT2D eigenvalue weighted by atomic mass is 10.1. The van der Waals surface area contributed by atoms with Gasteiger partial charge in [0.15, 0.2) is 5.78 Å². The Hall–Kier alpha value is -2.13. The van der Waals surface area contributed by atoms with Crippen molar-refractivity contribution in [1.29, 1.82) is 0 Å². The fraction of sp³-hybridized carbons (Fsp3) is 0.278. The van der Waals surface area contributed by atoms with Crippen molar-refractivity contribution in [3.8, 4) is 5.75 Å². The van der Waals surface area contributed by atoms with E-state index >= 15 is 0 Å². The topological polar surface area (TPSA) is 35.5 Å². The van der Waals surface area contributed by atoms with Gasteiger partial charge >= 0.3 is 0 Å². The van der Waals surface area contributed by atoms with Crippen LogP contribution >= 0.6 is 0 Å². The zero-order valence-corrected chi connectivity index (χ0v) is 12.2. The summed E-state index contributed by atoms with van der Waals surface area (Å²) in [7, 11) is 1.60. The van der Waals surface area contributed by atoms with Crippen molar-refractivity contribution in [3.63, 3.8) is 0 Å². The maximum absolute atomic E-state index is 11.9. The lowest BCUT2D eigenvalue weighted by Crippen LogP contribution is -2.10. The molecule has 0 fully saturated rings. The lowest BCUT2D eigenvalue weighted by molar-refractivity contribution is 0.0756. The van der Waals surface area contributed by atoms with Crippen LogP contribution in [-0.2, 0) is 11.2 Å². The molecule has 21 heavy (non-hydrogen) atoms. The number of benzene rings is 2. The Labute approximate surface area is 125 Å². The van der Waals surface area contributed by atoms with Gasteiger partial charge in [-0.3, -0.25) is 4.79 Å². The third-order valence-corrected chi connectivity index (χ3v) is 3.24. The molecule has 3 nitrogen and oxygen atoms in total. The first-order valence-electron chi connectivity index (χ1n) is 7.08. The summed E-state index contributed by atoms with van der Waals surface area (Å²) in [6.45, 7) is 0.720. The minimum atomic E-state index is -0.00244. The van der Waals surface area contributed by atoms with E-state index in [1.54, 1.807) is 31.4 Å². The SMILES string of the molecule is COc1ccc(C(=O)COCCCc2ccccc2)cc1. The Morgan fingerprint density at radius 2 is 1.71 bits per heavy atom. The Kier molecular flexibility index (Phi) is 5.98. The summed E-state index contributed by atoms with van der Waals surface area (Å²) in [6.07, 6.45) is 1.89. The van der Waals surface area contributed by atoms with E-state index in [0.717, 1.165) is 18.6 Å². The first-order valence-corrected chi connectivity index (χ1v) is 7.08. The number of Topliss-reactive ketones (excluding diaryl/α,β-unsaturated/α-hetero) is 1. The van der Waals surface area contributed by atoms with Crippen LogP contribution in [0.15, 0.2) is 54.6 Å². The molecule has 0 saturated carbocycles. The summed E-state index contributed by atoms with van der Waals surface area (Å²) >= 11 is 0. The van der Waals surface area contributed by atoms with Crippen molar-refractivity contribution in [1.82, 2.24) is 0 Å². The predicted molar refractivity (Wildman–Crippen MR) is 82.9 cm³/mol. The van der Waals surface area contributed by atoms with Gasteiger partial charge in [0.05, 0.1) is 7.11 Å².